The molecule has 2 N–H and O–H groups in total. The van der Waals surface area contributed by atoms with Crippen molar-refractivity contribution in [1.29, 1.82) is 5.26 Å². The normalized spacial score (nSPS) is 9.56. The number of nitrogens with two attached hydrogens (primary N) is 1. The summed E-state index contributed by atoms with van der Waals surface area (Å²) in [5.74, 6) is -1.72. The first kappa shape index (κ1) is 13.3. The van der Waals surface area contributed by atoms with Crippen LogP contribution in [-0.4, -0.2) is 16.5 Å². The second kappa shape index (κ2) is 5.05. The Morgan fingerprint density at radius 2 is 2.11 bits per heavy atom. The number of hydrogen-bond donors (Lipinski definition) is 1. The van der Waals surface area contributed by atoms with Gasteiger partial charge < -0.3 is 5.73 Å². The molecular weight excluding hydrogens is 238 g/mol. The van der Waals surface area contributed by atoms with Gasteiger partial charge in [-0.05, 0) is 12.1 Å². The monoisotopic (exact) mass is 247 g/mol. The first-order chi connectivity index (χ1) is 8.43. The fourth-order valence-electron chi connectivity index (χ4n) is 1.40. The number of carbonyl (C=O) groups excluding carboxylic acids is 2. The van der Waals surface area contributed by atoms with Crippen LogP contribution >= 0.6 is 0 Å². The number of nitro benzene ring substituents is 1. The van der Waals surface area contributed by atoms with Crippen LogP contribution < -0.4 is 5.73 Å². The minimum absolute atomic E-state index is 0.0596. The quantitative estimate of drug-likeness (QED) is 0.280. The number of ketones is 2. The van der Waals surface area contributed by atoms with E-state index >= 15 is 0 Å². The van der Waals surface area contributed by atoms with Crippen LogP contribution in [0.15, 0.2) is 12.1 Å². The van der Waals surface area contributed by atoms with E-state index in [-0.39, 0.29) is 17.5 Å². The molecule has 0 atom stereocenters. The van der Waals surface area contributed by atoms with Crippen LogP contribution in [0, 0.1) is 21.4 Å². The van der Waals surface area contributed by atoms with Gasteiger partial charge in [0.1, 0.15) is 17.3 Å². The number of nitro groups is 1. The lowest BCUT2D eigenvalue weighted by molar-refractivity contribution is -0.384. The van der Waals surface area contributed by atoms with Gasteiger partial charge in [-0.25, -0.2) is 0 Å². The van der Waals surface area contributed by atoms with Crippen molar-refractivity contribution in [2.75, 3.05) is 5.73 Å². The van der Waals surface area contributed by atoms with Crippen molar-refractivity contribution < 1.29 is 14.5 Å². The van der Waals surface area contributed by atoms with Crippen molar-refractivity contribution in [2.45, 2.75) is 13.3 Å². The maximum Gasteiger partial charge on any atom is 0.304 e. The zero-order valence-electron chi connectivity index (χ0n) is 9.47. The predicted octanol–water partition coefficient (Wildman–Crippen LogP) is 1.21. The summed E-state index contributed by atoms with van der Waals surface area (Å²) in [7, 11) is 0. The zero-order valence-corrected chi connectivity index (χ0v) is 9.47. The minimum atomic E-state index is -0.972. The molecule has 7 nitrogen and oxygen atoms in total. The van der Waals surface area contributed by atoms with E-state index in [0.717, 1.165) is 6.07 Å². The molecule has 0 saturated carbocycles. The van der Waals surface area contributed by atoms with E-state index in [9.17, 15) is 19.7 Å². The summed E-state index contributed by atoms with van der Waals surface area (Å²) in [5.41, 5.74) is 3.85. The Labute approximate surface area is 102 Å². The molecule has 1 rings (SSSR count). The van der Waals surface area contributed by atoms with Crippen molar-refractivity contribution in [1.82, 2.24) is 0 Å². The molecule has 0 aliphatic rings. The van der Waals surface area contributed by atoms with E-state index in [1.165, 1.54) is 13.0 Å². The third-order valence-corrected chi connectivity index (χ3v) is 2.34. The topological polar surface area (TPSA) is 127 Å². The molecule has 0 heterocycles. The lowest BCUT2D eigenvalue weighted by Gasteiger charge is -2.04. The van der Waals surface area contributed by atoms with Crippen LogP contribution in [0.25, 0.3) is 0 Å². The number of carbonyl (C=O) groups is 2. The number of benzene rings is 1. The van der Waals surface area contributed by atoms with E-state index in [0.29, 0.717) is 0 Å². The molecule has 0 aliphatic heterocycles. The molecule has 0 aliphatic carbocycles. The lowest BCUT2D eigenvalue weighted by atomic mass is 10.0. The number of nitriles is 1. The van der Waals surface area contributed by atoms with Crippen LogP contribution in [0.2, 0.25) is 0 Å². The summed E-state index contributed by atoms with van der Waals surface area (Å²) >= 11 is 0. The average molecular weight is 247 g/mol. The van der Waals surface area contributed by atoms with Gasteiger partial charge >= 0.3 is 5.69 Å². The van der Waals surface area contributed by atoms with Crippen LogP contribution in [0.5, 0.6) is 0 Å². The molecule has 0 aromatic heterocycles. The van der Waals surface area contributed by atoms with E-state index in [4.69, 9.17) is 11.0 Å². The summed E-state index contributed by atoms with van der Waals surface area (Å²) in [6, 6.07) is 3.93. The summed E-state index contributed by atoms with van der Waals surface area (Å²) in [6.45, 7) is 1.47. The van der Waals surface area contributed by atoms with Gasteiger partial charge in [-0.2, -0.15) is 5.26 Å². The number of hydrogen-bond acceptors (Lipinski definition) is 6. The smallest absolute Gasteiger partial charge is 0.304 e. The molecule has 1 aromatic carbocycles. The molecule has 0 bridgehead atoms. The van der Waals surface area contributed by atoms with Crippen LogP contribution in [-0.2, 0) is 4.79 Å². The minimum Gasteiger partial charge on any atom is -0.392 e. The Balaban J connectivity index is 3.52. The Morgan fingerprint density at radius 3 is 2.56 bits per heavy atom. The fourth-order valence-corrected chi connectivity index (χ4v) is 1.40. The van der Waals surface area contributed by atoms with Crippen molar-refractivity contribution >= 4 is 22.9 Å². The van der Waals surface area contributed by atoms with Crippen molar-refractivity contribution in [3.05, 3.63) is 33.4 Å². The standard InChI is InChI=1S/C11H9N3O4/c1-2-8(15)11(16)7-4-3-6(5-12)9(13)10(7)14(17)18/h3-4H,2,13H2,1H3. The number of nitrogens with zero attached hydrogens (tertiary/aromatic N) is 2. The third-order valence-electron chi connectivity index (χ3n) is 2.34. The molecule has 0 amide bonds. The molecule has 0 unspecified atom stereocenters. The van der Waals surface area contributed by atoms with Crippen molar-refractivity contribution in [3.8, 4) is 6.07 Å². The molecule has 0 spiro atoms. The van der Waals surface area contributed by atoms with E-state index in [1.807, 2.05) is 0 Å². The molecule has 1 aromatic rings. The van der Waals surface area contributed by atoms with Crippen LogP contribution in [0.4, 0.5) is 11.4 Å². The summed E-state index contributed by atoms with van der Waals surface area (Å²) in [5, 5.41) is 19.6. The highest BCUT2D eigenvalue weighted by molar-refractivity contribution is 6.44. The molecule has 92 valence electrons. The molecule has 18 heavy (non-hydrogen) atoms. The Morgan fingerprint density at radius 1 is 1.50 bits per heavy atom. The first-order valence-electron chi connectivity index (χ1n) is 4.98. The van der Waals surface area contributed by atoms with Gasteiger partial charge in [0.05, 0.1) is 10.5 Å². The van der Waals surface area contributed by atoms with Gasteiger partial charge in [-0.1, -0.05) is 6.92 Å². The molecule has 7 heteroatoms. The highest BCUT2D eigenvalue weighted by Gasteiger charge is 2.28. The zero-order chi connectivity index (χ0) is 13.9. The second-order valence-corrected chi connectivity index (χ2v) is 3.40. The molecule has 0 saturated heterocycles. The Bertz CT molecular complexity index is 587. The molecule has 0 fully saturated rings. The Hall–Kier alpha value is -2.75. The number of nitrogen functional groups attached to an aromatic ring is 1. The van der Waals surface area contributed by atoms with E-state index < -0.39 is 27.9 Å². The van der Waals surface area contributed by atoms with Crippen LogP contribution in [0.1, 0.15) is 29.3 Å². The highest BCUT2D eigenvalue weighted by atomic mass is 16.6. The lowest BCUT2D eigenvalue weighted by Crippen LogP contribution is -2.16. The first-order valence-corrected chi connectivity index (χ1v) is 4.98. The largest absolute Gasteiger partial charge is 0.392 e. The van der Waals surface area contributed by atoms with Gasteiger partial charge in [0.25, 0.3) is 0 Å². The number of rotatable bonds is 4. The second-order valence-electron chi connectivity index (χ2n) is 3.40. The highest BCUT2D eigenvalue weighted by Crippen LogP contribution is 2.29. The SMILES string of the molecule is CCC(=O)C(=O)c1ccc(C#N)c(N)c1[N+](=O)[O-]. The van der Waals surface area contributed by atoms with Crippen LogP contribution in [0.3, 0.4) is 0 Å². The fraction of sp³-hybridized carbons (Fsp3) is 0.182. The summed E-state index contributed by atoms with van der Waals surface area (Å²) < 4.78 is 0. The number of anilines is 1. The third kappa shape index (κ3) is 2.17. The summed E-state index contributed by atoms with van der Waals surface area (Å²) in [4.78, 5) is 32.9. The van der Waals surface area contributed by atoms with E-state index in [2.05, 4.69) is 0 Å². The maximum atomic E-state index is 11.7. The summed E-state index contributed by atoms with van der Waals surface area (Å²) in [6.07, 6.45) is -0.0596. The van der Waals surface area contributed by atoms with Gasteiger partial charge in [0.2, 0.25) is 11.6 Å². The maximum absolute atomic E-state index is 11.7. The van der Waals surface area contributed by atoms with Gasteiger partial charge in [-0.15, -0.1) is 0 Å². The predicted molar refractivity (Wildman–Crippen MR) is 61.9 cm³/mol. The van der Waals surface area contributed by atoms with Crippen molar-refractivity contribution in [3.63, 3.8) is 0 Å². The van der Waals surface area contributed by atoms with Gasteiger partial charge in [0.15, 0.2) is 0 Å². The average Bonchev–Trinajstić information content (AvgIpc) is 2.35. The van der Waals surface area contributed by atoms with Gasteiger partial charge in [-0.3, -0.25) is 19.7 Å². The number of Topliss-reactive ketones (excluding diaryl/α,β-unsaturated/α-hetero) is 2. The molecular formula is C11H9N3O4. The van der Waals surface area contributed by atoms with Gasteiger partial charge in [0, 0.05) is 6.42 Å². The Kier molecular flexibility index (Phi) is 3.74. The molecule has 0 radical (unpaired) electrons. The van der Waals surface area contributed by atoms with Crippen molar-refractivity contribution in [2.24, 2.45) is 0 Å². The van der Waals surface area contributed by atoms with E-state index in [1.54, 1.807) is 6.07 Å².